The van der Waals surface area contributed by atoms with Crippen molar-refractivity contribution in [2.75, 3.05) is 18.5 Å². The zero-order chi connectivity index (χ0) is 11.0. The lowest BCUT2D eigenvalue weighted by atomic mass is 9.77. The molecule has 3 N–H and O–H groups in total. The predicted octanol–water partition coefficient (Wildman–Crippen LogP) is 0.735. The molecular formula is C11H19ClN4O. The summed E-state index contributed by atoms with van der Waals surface area (Å²) in [5.74, 6) is 0.910. The van der Waals surface area contributed by atoms with Gasteiger partial charge in [0.15, 0.2) is 0 Å². The number of aliphatic hydroxyl groups excluding tert-OH is 1. The molecule has 96 valence electrons. The van der Waals surface area contributed by atoms with Gasteiger partial charge in [0.25, 0.3) is 0 Å². The second-order valence-electron chi connectivity index (χ2n) is 4.84. The highest BCUT2D eigenvalue weighted by Crippen LogP contribution is 2.34. The van der Waals surface area contributed by atoms with Gasteiger partial charge in [-0.1, -0.05) is 0 Å². The highest BCUT2D eigenvalue weighted by atomic mass is 35.5. The molecule has 1 fully saturated rings. The van der Waals surface area contributed by atoms with Gasteiger partial charge >= 0.3 is 0 Å². The molecule has 0 radical (unpaired) electrons. The number of hydrogen-bond acceptors (Lipinski definition) is 4. The molecule has 2 heterocycles. The van der Waals surface area contributed by atoms with E-state index in [4.69, 9.17) is 0 Å². The highest BCUT2D eigenvalue weighted by molar-refractivity contribution is 5.85. The highest BCUT2D eigenvalue weighted by Gasteiger charge is 2.36. The molecule has 0 spiro atoms. The number of aliphatic hydroxyl groups is 1. The minimum Gasteiger partial charge on any atom is -0.394 e. The SMILES string of the molecule is Cl.OCC1(Nc2cc3n(n2)CCNC3)CCC1. The van der Waals surface area contributed by atoms with Crippen LogP contribution in [-0.4, -0.2) is 33.6 Å². The van der Waals surface area contributed by atoms with Crippen molar-refractivity contribution in [3.05, 3.63) is 11.8 Å². The van der Waals surface area contributed by atoms with E-state index < -0.39 is 0 Å². The van der Waals surface area contributed by atoms with Crippen molar-refractivity contribution >= 4 is 18.2 Å². The zero-order valence-electron chi connectivity index (χ0n) is 9.78. The Morgan fingerprint density at radius 3 is 2.94 bits per heavy atom. The minimum atomic E-state index is -0.0993. The van der Waals surface area contributed by atoms with Gasteiger partial charge in [0, 0.05) is 19.2 Å². The molecule has 2 aliphatic rings. The Morgan fingerprint density at radius 2 is 2.35 bits per heavy atom. The molecule has 6 heteroatoms. The second-order valence-corrected chi connectivity index (χ2v) is 4.84. The van der Waals surface area contributed by atoms with Crippen LogP contribution in [0.25, 0.3) is 0 Å². The third kappa shape index (κ3) is 2.27. The number of nitrogens with zero attached hydrogens (tertiary/aromatic N) is 2. The maximum Gasteiger partial charge on any atom is 0.148 e. The Bertz CT molecular complexity index is 360. The average molecular weight is 259 g/mol. The summed E-state index contributed by atoms with van der Waals surface area (Å²) in [6.45, 7) is 3.01. The first-order chi connectivity index (χ1) is 7.81. The molecular weight excluding hydrogens is 240 g/mol. The summed E-state index contributed by atoms with van der Waals surface area (Å²) < 4.78 is 2.04. The molecule has 1 aliphatic heterocycles. The maximum atomic E-state index is 9.39. The van der Waals surface area contributed by atoms with Crippen LogP contribution in [0.2, 0.25) is 0 Å². The van der Waals surface area contributed by atoms with Gasteiger partial charge in [-0.2, -0.15) is 5.10 Å². The Kier molecular flexibility index (Phi) is 3.61. The van der Waals surface area contributed by atoms with Crippen molar-refractivity contribution in [1.29, 1.82) is 0 Å². The zero-order valence-corrected chi connectivity index (χ0v) is 10.6. The number of fused-ring (bicyclic) bond motifs is 1. The van der Waals surface area contributed by atoms with Crippen molar-refractivity contribution in [2.24, 2.45) is 0 Å². The molecule has 1 saturated carbocycles. The van der Waals surface area contributed by atoms with E-state index in [1.165, 1.54) is 12.1 Å². The number of rotatable bonds is 3. The van der Waals surface area contributed by atoms with Gasteiger partial charge in [-0.25, -0.2) is 0 Å². The quantitative estimate of drug-likeness (QED) is 0.748. The minimum absolute atomic E-state index is 0. The van der Waals surface area contributed by atoms with Gasteiger partial charge in [-0.05, 0) is 19.3 Å². The normalized spacial score (nSPS) is 21.0. The summed E-state index contributed by atoms with van der Waals surface area (Å²) in [5, 5.41) is 20.6. The maximum absolute atomic E-state index is 9.39. The van der Waals surface area contributed by atoms with Crippen LogP contribution in [0, 0.1) is 0 Å². The molecule has 3 rings (SSSR count). The molecule has 17 heavy (non-hydrogen) atoms. The number of halogens is 1. The van der Waals surface area contributed by atoms with Gasteiger partial charge in [-0.15, -0.1) is 12.4 Å². The second kappa shape index (κ2) is 4.84. The fraction of sp³-hybridized carbons (Fsp3) is 0.727. The van der Waals surface area contributed by atoms with Gasteiger partial charge in [0.2, 0.25) is 0 Å². The van der Waals surface area contributed by atoms with E-state index in [0.29, 0.717) is 0 Å². The van der Waals surface area contributed by atoms with Crippen LogP contribution in [0.5, 0.6) is 0 Å². The lowest BCUT2D eigenvalue weighted by Gasteiger charge is -2.41. The summed E-state index contributed by atoms with van der Waals surface area (Å²) in [6.07, 6.45) is 3.29. The Labute approximate surface area is 107 Å². The third-order valence-corrected chi connectivity index (χ3v) is 3.68. The first-order valence-corrected chi connectivity index (χ1v) is 5.98. The van der Waals surface area contributed by atoms with Crippen molar-refractivity contribution in [1.82, 2.24) is 15.1 Å². The topological polar surface area (TPSA) is 62.1 Å². The van der Waals surface area contributed by atoms with Crippen LogP contribution in [0.3, 0.4) is 0 Å². The van der Waals surface area contributed by atoms with Gasteiger partial charge in [0.1, 0.15) is 5.82 Å². The van der Waals surface area contributed by atoms with Crippen molar-refractivity contribution in [2.45, 2.75) is 37.9 Å². The lowest BCUT2D eigenvalue weighted by Crippen LogP contribution is -2.48. The molecule has 1 aromatic heterocycles. The first-order valence-electron chi connectivity index (χ1n) is 5.98. The fourth-order valence-electron chi connectivity index (χ4n) is 2.45. The van der Waals surface area contributed by atoms with Crippen LogP contribution < -0.4 is 10.6 Å². The first kappa shape index (κ1) is 12.7. The Hall–Kier alpha value is -0.780. The van der Waals surface area contributed by atoms with Crippen LogP contribution >= 0.6 is 12.4 Å². The largest absolute Gasteiger partial charge is 0.394 e. The van der Waals surface area contributed by atoms with Gasteiger partial charge in [-0.3, -0.25) is 4.68 Å². The molecule has 1 aliphatic carbocycles. The van der Waals surface area contributed by atoms with E-state index >= 15 is 0 Å². The summed E-state index contributed by atoms with van der Waals surface area (Å²) in [6, 6.07) is 2.09. The fourth-order valence-corrected chi connectivity index (χ4v) is 2.45. The summed E-state index contributed by atoms with van der Waals surface area (Å²) in [4.78, 5) is 0. The summed E-state index contributed by atoms with van der Waals surface area (Å²) in [7, 11) is 0. The summed E-state index contributed by atoms with van der Waals surface area (Å²) >= 11 is 0. The molecule has 0 aromatic carbocycles. The van der Waals surface area contributed by atoms with Gasteiger partial charge in [0.05, 0.1) is 24.4 Å². The molecule has 0 atom stereocenters. The molecule has 0 bridgehead atoms. The van der Waals surface area contributed by atoms with Crippen LogP contribution in [-0.2, 0) is 13.1 Å². The molecule has 0 unspecified atom stereocenters. The van der Waals surface area contributed by atoms with Crippen molar-refractivity contribution in [3.63, 3.8) is 0 Å². The van der Waals surface area contributed by atoms with E-state index in [2.05, 4.69) is 21.8 Å². The number of nitrogens with one attached hydrogen (secondary N) is 2. The number of hydrogen-bond donors (Lipinski definition) is 3. The van der Waals surface area contributed by atoms with E-state index in [1.54, 1.807) is 0 Å². The van der Waals surface area contributed by atoms with Crippen LogP contribution in [0.1, 0.15) is 25.0 Å². The standard InChI is InChI=1S/C11H18N4O.ClH/c16-8-11(2-1-3-11)13-10-6-9-7-12-4-5-15(9)14-10;/h6,12,16H,1-5,7-8H2,(H,13,14);1H. The van der Waals surface area contributed by atoms with Crippen LogP contribution in [0.4, 0.5) is 5.82 Å². The monoisotopic (exact) mass is 258 g/mol. The van der Waals surface area contributed by atoms with Crippen molar-refractivity contribution < 1.29 is 5.11 Å². The molecule has 5 nitrogen and oxygen atoms in total. The average Bonchev–Trinajstić information content (AvgIpc) is 2.65. The number of aromatic nitrogens is 2. The van der Waals surface area contributed by atoms with E-state index in [-0.39, 0.29) is 24.6 Å². The Morgan fingerprint density at radius 1 is 1.53 bits per heavy atom. The van der Waals surface area contributed by atoms with Gasteiger partial charge < -0.3 is 15.7 Å². The molecule has 1 aromatic rings. The Balaban J connectivity index is 0.00000108. The summed E-state index contributed by atoms with van der Waals surface area (Å²) in [5.41, 5.74) is 1.12. The van der Waals surface area contributed by atoms with E-state index in [0.717, 1.165) is 38.3 Å². The van der Waals surface area contributed by atoms with E-state index in [9.17, 15) is 5.11 Å². The molecule has 0 saturated heterocycles. The van der Waals surface area contributed by atoms with E-state index in [1.807, 2.05) is 4.68 Å². The third-order valence-electron chi connectivity index (χ3n) is 3.68. The molecule has 0 amide bonds. The lowest BCUT2D eigenvalue weighted by molar-refractivity contribution is 0.143. The van der Waals surface area contributed by atoms with Crippen molar-refractivity contribution in [3.8, 4) is 0 Å². The van der Waals surface area contributed by atoms with Crippen LogP contribution in [0.15, 0.2) is 6.07 Å². The predicted molar refractivity (Wildman–Crippen MR) is 68.5 cm³/mol. The number of anilines is 1. The smallest absolute Gasteiger partial charge is 0.148 e.